The van der Waals surface area contributed by atoms with Gasteiger partial charge in [-0.25, -0.2) is 9.97 Å². The summed E-state index contributed by atoms with van der Waals surface area (Å²) in [6.45, 7) is 0. The molecule has 3 heterocycles. The Bertz CT molecular complexity index is 2300. The maximum atomic E-state index is 5.25. The Morgan fingerprint density at radius 3 is 2.44 bits per heavy atom. The zero-order chi connectivity index (χ0) is 27.3. The molecule has 4 aromatic carbocycles. The topological polar surface area (TPSA) is 43.6 Å². The minimum atomic E-state index is 0.577. The monoisotopic (exact) mass is 542 g/mol. The van der Waals surface area contributed by atoms with Crippen LogP contribution in [0.4, 0.5) is 0 Å². The number of rotatable bonds is 3. The van der Waals surface area contributed by atoms with Crippen LogP contribution in [-0.4, -0.2) is 19.5 Å². The van der Waals surface area contributed by atoms with Crippen LogP contribution in [0.5, 0.6) is 0 Å². The van der Waals surface area contributed by atoms with Crippen LogP contribution >= 0.6 is 12.6 Å². The highest BCUT2D eigenvalue weighted by Crippen LogP contribution is 2.44. The number of thiol groups is 1. The van der Waals surface area contributed by atoms with Gasteiger partial charge in [-0.15, -0.1) is 12.6 Å². The molecule has 0 fully saturated rings. The smallest absolute Gasteiger partial charge is 0.235 e. The van der Waals surface area contributed by atoms with E-state index in [-0.39, 0.29) is 0 Å². The fourth-order valence-corrected chi connectivity index (χ4v) is 6.30. The summed E-state index contributed by atoms with van der Waals surface area (Å²) >= 11 is 5.25. The van der Waals surface area contributed by atoms with Crippen molar-refractivity contribution in [1.82, 2.24) is 19.5 Å². The van der Waals surface area contributed by atoms with Crippen LogP contribution in [0.1, 0.15) is 12.0 Å². The van der Waals surface area contributed by atoms with E-state index in [0.29, 0.717) is 5.95 Å². The van der Waals surface area contributed by atoms with Crippen LogP contribution in [-0.2, 0) is 0 Å². The predicted molar refractivity (Wildman–Crippen MR) is 171 cm³/mol. The fraction of sp³-hybridized carbons (Fsp3) is 0.0278. The van der Waals surface area contributed by atoms with Gasteiger partial charge >= 0.3 is 0 Å². The molecule has 0 N–H and O–H groups in total. The largest absolute Gasteiger partial charge is 0.275 e. The number of pyridine rings is 1. The van der Waals surface area contributed by atoms with Crippen molar-refractivity contribution >= 4 is 61.8 Å². The molecule has 0 radical (unpaired) electrons. The number of para-hydroxylation sites is 1. The summed E-state index contributed by atoms with van der Waals surface area (Å²) in [6, 6.07) is 30.9. The Labute approximate surface area is 242 Å². The van der Waals surface area contributed by atoms with Gasteiger partial charge in [0, 0.05) is 45.0 Å². The molecule has 0 aliphatic heterocycles. The molecule has 4 nitrogen and oxygen atoms in total. The molecule has 1 aliphatic rings. The molecular formula is C36H22N4S. The van der Waals surface area contributed by atoms with E-state index < -0.39 is 0 Å². The maximum Gasteiger partial charge on any atom is 0.235 e. The minimum Gasteiger partial charge on any atom is -0.275 e. The van der Waals surface area contributed by atoms with Crippen molar-refractivity contribution in [1.29, 1.82) is 0 Å². The van der Waals surface area contributed by atoms with Crippen molar-refractivity contribution in [3.05, 3.63) is 121 Å². The molecule has 0 unspecified atom stereocenters. The van der Waals surface area contributed by atoms with Gasteiger partial charge in [0.15, 0.2) is 0 Å². The second kappa shape index (κ2) is 9.48. The molecule has 0 saturated carbocycles. The molecule has 0 amide bonds. The van der Waals surface area contributed by atoms with E-state index in [1.807, 2.05) is 48.7 Å². The van der Waals surface area contributed by atoms with Crippen LogP contribution in [0.15, 0.2) is 120 Å². The number of hydrogen-bond acceptors (Lipinski definition) is 4. The van der Waals surface area contributed by atoms with Gasteiger partial charge in [-0.1, -0.05) is 96.8 Å². The molecule has 0 bridgehead atoms. The third-order valence-corrected chi connectivity index (χ3v) is 8.04. The first kappa shape index (κ1) is 23.7. The van der Waals surface area contributed by atoms with E-state index in [1.165, 1.54) is 0 Å². The number of benzene rings is 4. The first-order valence-electron chi connectivity index (χ1n) is 13.5. The average Bonchev–Trinajstić information content (AvgIpc) is 3.15. The molecule has 41 heavy (non-hydrogen) atoms. The minimum absolute atomic E-state index is 0.577. The van der Waals surface area contributed by atoms with Crippen molar-refractivity contribution in [2.45, 2.75) is 11.3 Å². The van der Waals surface area contributed by atoms with Crippen LogP contribution in [0.2, 0.25) is 0 Å². The maximum absolute atomic E-state index is 5.25. The Morgan fingerprint density at radius 1 is 0.780 bits per heavy atom. The van der Waals surface area contributed by atoms with Gasteiger partial charge in [0.25, 0.3) is 0 Å². The van der Waals surface area contributed by atoms with Crippen LogP contribution in [0, 0.1) is 11.8 Å². The van der Waals surface area contributed by atoms with Crippen LogP contribution in [0.25, 0.3) is 66.4 Å². The van der Waals surface area contributed by atoms with Crippen molar-refractivity contribution in [2.75, 3.05) is 0 Å². The van der Waals surface area contributed by atoms with Crippen LogP contribution in [0.3, 0.4) is 0 Å². The molecule has 7 aromatic rings. The third-order valence-electron chi connectivity index (χ3n) is 7.60. The van der Waals surface area contributed by atoms with Crippen molar-refractivity contribution in [3.63, 3.8) is 0 Å². The van der Waals surface area contributed by atoms with E-state index in [9.17, 15) is 0 Å². The Kier molecular flexibility index (Phi) is 5.48. The highest BCUT2D eigenvalue weighted by atomic mass is 32.1. The molecule has 8 rings (SSSR count). The van der Waals surface area contributed by atoms with Gasteiger partial charge in [0.2, 0.25) is 5.95 Å². The summed E-state index contributed by atoms with van der Waals surface area (Å²) in [5.74, 6) is 7.24. The summed E-state index contributed by atoms with van der Waals surface area (Å²) in [5, 5.41) is 4.22. The first-order chi connectivity index (χ1) is 20.3. The lowest BCUT2D eigenvalue weighted by atomic mass is 9.95. The quantitative estimate of drug-likeness (QED) is 0.180. The van der Waals surface area contributed by atoms with Crippen molar-refractivity contribution in [3.8, 4) is 29.0 Å². The molecule has 0 atom stereocenters. The lowest BCUT2D eigenvalue weighted by Crippen LogP contribution is -2.04. The lowest BCUT2D eigenvalue weighted by molar-refractivity contribution is 1.00. The molecule has 3 aromatic heterocycles. The van der Waals surface area contributed by atoms with Crippen molar-refractivity contribution < 1.29 is 0 Å². The Hall–Kier alpha value is -5.18. The zero-order valence-corrected chi connectivity index (χ0v) is 22.8. The highest BCUT2D eigenvalue weighted by molar-refractivity contribution is 7.80. The first-order valence-corrected chi connectivity index (χ1v) is 14.0. The molecule has 5 heteroatoms. The number of fused-ring (bicyclic) bond motifs is 6. The van der Waals surface area contributed by atoms with Crippen LogP contribution < -0.4 is 0 Å². The fourth-order valence-electron chi connectivity index (χ4n) is 5.84. The van der Waals surface area contributed by atoms with Gasteiger partial charge in [-0.05, 0) is 35.0 Å². The Morgan fingerprint density at radius 2 is 1.56 bits per heavy atom. The predicted octanol–water partition coefficient (Wildman–Crippen LogP) is 8.58. The van der Waals surface area contributed by atoms with Gasteiger partial charge < -0.3 is 0 Å². The summed E-state index contributed by atoms with van der Waals surface area (Å²) in [4.78, 5) is 16.1. The van der Waals surface area contributed by atoms with Gasteiger partial charge in [-0.3, -0.25) is 9.55 Å². The summed E-state index contributed by atoms with van der Waals surface area (Å²) in [5.41, 5.74) is 7.47. The van der Waals surface area contributed by atoms with E-state index in [2.05, 4.69) is 83.2 Å². The number of nitrogens with zero attached hydrogens (tertiary/aromatic N) is 4. The van der Waals surface area contributed by atoms with Crippen molar-refractivity contribution in [2.24, 2.45) is 0 Å². The van der Waals surface area contributed by atoms with Gasteiger partial charge in [-0.2, -0.15) is 0 Å². The third kappa shape index (κ3) is 3.69. The standard InChI is InChI=1S/C36H22N4S/c41-35-30(23-13-4-1-2-5-14-23)25-17-8-9-18-26(25)31-33-29(21-12-22-37-33)40(34(31)35)36-38-28-20-11-10-19-27(28)32(39-36)24-15-6-3-7-16-24/h1,3-4,6-13,15-22,41H,2H2. The molecule has 1 aliphatic carbocycles. The highest BCUT2D eigenvalue weighted by Gasteiger charge is 2.24. The lowest BCUT2D eigenvalue weighted by Gasteiger charge is -2.15. The van der Waals surface area contributed by atoms with E-state index in [4.69, 9.17) is 27.6 Å². The van der Waals surface area contributed by atoms with Gasteiger partial charge in [0.1, 0.15) is 0 Å². The number of hydrogen-bond donors (Lipinski definition) is 1. The second-order valence-corrected chi connectivity index (χ2v) is 10.4. The Balaban J connectivity index is 1.57. The van der Waals surface area contributed by atoms with E-state index in [1.54, 1.807) is 0 Å². The van der Waals surface area contributed by atoms with E-state index in [0.717, 1.165) is 77.3 Å². The second-order valence-electron chi connectivity index (χ2n) is 9.97. The summed E-state index contributed by atoms with van der Waals surface area (Å²) < 4.78 is 2.12. The summed E-state index contributed by atoms with van der Waals surface area (Å²) in [6.07, 6.45) is 8.78. The zero-order valence-electron chi connectivity index (χ0n) is 21.9. The summed E-state index contributed by atoms with van der Waals surface area (Å²) in [7, 11) is 0. The molecule has 192 valence electrons. The normalized spacial score (nSPS) is 13.0. The van der Waals surface area contributed by atoms with Gasteiger partial charge in [0.05, 0.1) is 27.8 Å². The SMILES string of the molecule is Sc1c(C2=CC=CCC#C2)c2ccccc2c2c3ncccc3n(-c3nc(-c4ccccc4)c4ccccc4n3)c12. The van der Waals surface area contributed by atoms with E-state index >= 15 is 0 Å². The number of allylic oxidation sites excluding steroid dienone is 4. The number of aromatic nitrogens is 4. The molecule has 0 spiro atoms. The average molecular weight is 543 g/mol. The molecular weight excluding hydrogens is 520 g/mol. The molecule has 0 saturated heterocycles.